The molecule has 1 saturated heterocycles. The van der Waals surface area contributed by atoms with Gasteiger partial charge in [0.25, 0.3) is 0 Å². The topological polar surface area (TPSA) is 66.4 Å². The van der Waals surface area contributed by atoms with Crippen molar-refractivity contribution in [2.45, 2.75) is 30.7 Å². The maximum absolute atomic E-state index is 10.1. The Kier molecular flexibility index (Phi) is 3.95. The van der Waals surface area contributed by atoms with Gasteiger partial charge in [0.05, 0.1) is 10.7 Å². The van der Waals surface area contributed by atoms with E-state index in [2.05, 4.69) is 0 Å². The van der Waals surface area contributed by atoms with E-state index in [1.807, 2.05) is 0 Å². The second-order valence-electron chi connectivity index (χ2n) is 3.40. The van der Waals surface area contributed by atoms with Gasteiger partial charge in [0, 0.05) is 28.4 Å². The summed E-state index contributed by atoms with van der Waals surface area (Å²) in [6, 6.07) is 0. The molecule has 0 aromatic carbocycles. The van der Waals surface area contributed by atoms with Crippen LogP contribution in [0.4, 0.5) is 0 Å². The first-order valence-electron chi connectivity index (χ1n) is 6.86. The van der Waals surface area contributed by atoms with Crippen LogP contribution in [0.2, 0.25) is 0 Å². The first-order chi connectivity index (χ1) is 9.19. The van der Waals surface area contributed by atoms with Gasteiger partial charge in [-0.05, 0) is 0 Å². The van der Waals surface area contributed by atoms with Crippen LogP contribution >= 0.6 is 0 Å². The minimum absolute atomic E-state index is 0.00990. The minimum atomic E-state index is -1.08. The maximum atomic E-state index is 10.1. The molecule has 6 nitrogen and oxygen atoms in total. The molecule has 6 heteroatoms. The average Bonchev–Trinajstić information content (AvgIpc) is 2.42. The third-order valence-corrected chi connectivity index (χ3v) is 2.52. The lowest BCUT2D eigenvalue weighted by atomic mass is 9.99. The Morgan fingerprint density at radius 3 is 2.56 bits per heavy atom. The second-order valence-corrected chi connectivity index (χ2v) is 3.40. The molecule has 1 unspecified atom stereocenters. The summed E-state index contributed by atoms with van der Waals surface area (Å²) < 4.78 is 46.9. The zero-order valence-corrected chi connectivity index (χ0v) is 9.20. The van der Waals surface area contributed by atoms with Crippen molar-refractivity contribution < 1.29 is 32.9 Å². The zero-order valence-electron chi connectivity index (χ0n) is 12.2. The van der Waals surface area contributed by atoms with Crippen molar-refractivity contribution in [3.8, 4) is 0 Å². The van der Waals surface area contributed by atoms with Gasteiger partial charge < -0.3 is 28.8 Å². The van der Waals surface area contributed by atoms with E-state index in [4.69, 9.17) is 27.8 Å². The summed E-state index contributed by atoms with van der Waals surface area (Å²) in [7, 11) is 0.456. The van der Waals surface area contributed by atoms with Gasteiger partial charge in [-0.2, -0.15) is 0 Å². The van der Waals surface area contributed by atoms with Gasteiger partial charge in [-0.25, -0.2) is 0 Å². The number of hydrogen-bond acceptors (Lipinski definition) is 6. The zero-order chi connectivity index (χ0) is 14.3. The number of aliphatic hydroxyl groups is 1. The molecule has 16 heavy (non-hydrogen) atoms. The van der Waals surface area contributed by atoms with Gasteiger partial charge in [0.15, 0.2) is 6.29 Å². The highest BCUT2D eigenvalue weighted by molar-refractivity contribution is 4.90. The second kappa shape index (κ2) is 6.48. The van der Waals surface area contributed by atoms with Crippen LogP contribution in [0.3, 0.4) is 0 Å². The van der Waals surface area contributed by atoms with Crippen LogP contribution < -0.4 is 0 Å². The van der Waals surface area contributed by atoms with Crippen LogP contribution in [-0.4, -0.2) is 70.8 Å². The fourth-order valence-corrected chi connectivity index (χ4v) is 1.70. The van der Waals surface area contributed by atoms with Crippen molar-refractivity contribution in [2.24, 2.45) is 0 Å². The monoisotopic (exact) mass is 239 g/mol. The molecule has 1 fully saturated rings. The lowest BCUT2D eigenvalue weighted by Crippen LogP contribution is -2.60. The highest BCUT2D eigenvalue weighted by Crippen LogP contribution is 2.25. The molecule has 0 aliphatic carbocycles. The third kappa shape index (κ3) is 2.71. The maximum Gasteiger partial charge on any atom is 0.186 e. The van der Waals surface area contributed by atoms with Crippen molar-refractivity contribution in [3.63, 3.8) is 0 Å². The molecule has 1 aliphatic heterocycles. The van der Waals surface area contributed by atoms with Crippen LogP contribution in [-0.2, 0) is 23.7 Å². The number of methoxy groups -OCH3 is 4. The summed E-state index contributed by atoms with van der Waals surface area (Å²) in [6.07, 6.45) is -4.29. The fraction of sp³-hybridized carbons (Fsp3) is 1.00. The minimum Gasteiger partial charge on any atom is -0.387 e. The number of hydrogen-bond donors (Lipinski definition) is 1. The van der Waals surface area contributed by atoms with Gasteiger partial charge in [-0.3, -0.25) is 0 Å². The third-order valence-electron chi connectivity index (χ3n) is 2.52. The normalized spacial score (nSPS) is 42.4. The van der Waals surface area contributed by atoms with Crippen LogP contribution in [0.1, 0.15) is 4.11 Å². The molecule has 1 rings (SSSR count). The molecule has 0 bridgehead atoms. The van der Waals surface area contributed by atoms with Gasteiger partial charge in [-0.1, -0.05) is 0 Å². The summed E-state index contributed by atoms with van der Waals surface area (Å²) in [4.78, 5) is 0. The summed E-state index contributed by atoms with van der Waals surface area (Å²) in [5, 5.41) is 10.1. The van der Waals surface area contributed by atoms with Crippen LogP contribution in [0.25, 0.3) is 0 Å². The molecular formula is C10H20O6. The van der Waals surface area contributed by atoms with E-state index in [0.717, 1.165) is 0 Å². The largest absolute Gasteiger partial charge is 0.387 e. The lowest BCUT2D eigenvalue weighted by Gasteiger charge is -2.42. The van der Waals surface area contributed by atoms with E-state index in [9.17, 15) is 5.11 Å². The van der Waals surface area contributed by atoms with E-state index in [1.54, 1.807) is 0 Å². The number of aliphatic hydroxyl groups excluding tert-OH is 1. The Morgan fingerprint density at radius 2 is 1.94 bits per heavy atom. The molecular weight excluding hydrogens is 216 g/mol. The van der Waals surface area contributed by atoms with Gasteiger partial charge >= 0.3 is 0 Å². The molecule has 0 radical (unpaired) electrons. The molecule has 96 valence electrons. The van der Waals surface area contributed by atoms with Crippen LogP contribution in [0.15, 0.2) is 0 Å². The first kappa shape index (κ1) is 9.76. The summed E-state index contributed by atoms with van der Waals surface area (Å²) in [5.41, 5.74) is 0. The average molecular weight is 239 g/mol. The Morgan fingerprint density at radius 1 is 1.19 bits per heavy atom. The lowest BCUT2D eigenvalue weighted by molar-refractivity contribution is -0.303. The van der Waals surface area contributed by atoms with E-state index in [0.29, 0.717) is 0 Å². The fourth-order valence-electron chi connectivity index (χ4n) is 1.70. The summed E-state index contributed by atoms with van der Waals surface area (Å²) in [5.74, 6) is 0. The van der Waals surface area contributed by atoms with Crippen molar-refractivity contribution in [2.75, 3.05) is 35.0 Å². The van der Waals surface area contributed by atoms with Crippen molar-refractivity contribution in [1.82, 2.24) is 0 Å². The molecule has 0 saturated carbocycles. The van der Waals surface area contributed by atoms with Crippen molar-refractivity contribution in [1.29, 1.82) is 0 Å². The van der Waals surface area contributed by atoms with Crippen LogP contribution in [0, 0.1) is 0 Å². The molecule has 1 heterocycles. The predicted molar refractivity (Wildman–Crippen MR) is 55.1 cm³/mol. The molecule has 0 aromatic heterocycles. The Balaban J connectivity index is 2.77. The first-order valence-corrected chi connectivity index (χ1v) is 4.74. The van der Waals surface area contributed by atoms with Gasteiger partial charge in [-0.15, -0.1) is 0 Å². The summed E-state index contributed by atoms with van der Waals surface area (Å²) in [6.45, 7) is 0.00990. The predicted octanol–water partition coefficient (Wildman–Crippen LogP) is -0.605. The molecule has 1 N–H and O–H groups in total. The molecule has 0 amide bonds. The Bertz CT molecular complexity index is 247. The van der Waals surface area contributed by atoms with Gasteiger partial charge in [0.1, 0.15) is 24.4 Å². The Hall–Kier alpha value is -0.240. The number of ether oxygens (including phenoxy) is 5. The molecule has 0 aromatic rings. The van der Waals surface area contributed by atoms with E-state index in [1.165, 1.54) is 7.11 Å². The van der Waals surface area contributed by atoms with Crippen molar-refractivity contribution >= 4 is 0 Å². The smallest absolute Gasteiger partial charge is 0.186 e. The number of rotatable bonds is 5. The molecule has 5 atom stereocenters. The molecule has 1 aliphatic rings. The van der Waals surface area contributed by atoms with E-state index in [-0.39, 0.29) is 27.9 Å². The highest BCUT2D eigenvalue weighted by atomic mass is 16.7. The van der Waals surface area contributed by atoms with Crippen LogP contribution in [0.5, 0.6) is 0 Å². The van der Waals surface area contributed by atoms with Crippen molar-refractivity contribution in [3.05, 3.63) is 0 Å². The Labute approximate surface area is 99.6 Å². The SMILES string of the molecule is [2H]COC[C@H]1OC(OC)[C@H](OC[2H])[C@@H](OC[2H])[C@H]1O. The standard InChI is InChI=1S/C10H20O6/c1-12-5-6-7(11)8(13-2)9(14-3)10(15-4)16-6/h6-11H,5H2,1-4H3/t6-,7+,8+,9-,10?/m1/s1/i1D,2D,3D. The molecule has 0 spiro atoms. The van der Waals surface area contributed by atoms with E-state index < -0.39 is 30.7 Å². The quantitative estimate of drug-likeness (QED) is 0.691. The van der Waals surface area contributed by atoms with E-state index >= 15 is 0 Å². The summed E-state index contributed by atoms with van der Waals surface area (Å²) >= 11 is 0. The van der Waals surface area contributed by atoms with Gasteiger partial charge in [0.2, 0.25) is 0 Å². The highest BCUT2D eigenvalue weighted by Gasteiger charge is 2.46.